The van der Waals surface area contributed by atoms with Gasteiger partial charge in [0.1, 0.15) is 35.5 Å². The van der Waals surface area contributed by atoms with Gasteiger partial charge in [0.25, 0.3) is 0 Å². The number of fused-ring (bicyclic) bond motifs is 3. The third-order valence-electron chi connectivity index (χ3n) is 6.87. The van der Waals surface area contributed by atoms with Crippen molar-refractivity contribution in [3.05, 3.63) is 71.9 Å². The summed E-state index contributed by atoms with van der Waals surface area (Å²) in [5, 5.41) is 5.55. The van der Waals surface area contributed by atoms with Gasteiger partial charge in [-0.15, -0.1) is 0 Å². The molecule has 9 nitrogen and oxygen atoms in total. The number of methoxy groups -OCH3 is 1. The Labute approximate surface area is 224 Å². The second kappa shape index (κ2) is 11.4. The van der Waals surface area contributed by atoms with Crippen LogP contribution in [-0.4, -0.2) is 56.7 Å². The summed E-state index contributed by atoms with van der Waals surface area (Å²) in [5.74, 6) is 0.283. The van der Waals surface area contributed by atoms with Crippen molar-refractivity contribution in [3.8, 4) is 23.0 Å². The van der Waals surface area contributed by atoms with Crippen molar-refractivity contribution in [2.75, 3.05) is 45.5 Å². The number of benzene rings is 2. The molecular weight excluding hydrogens is 512 g/mol. The van der Waals surface area contributed by atoms with Gasteiger partial charge in [0, 0.05) is 24.5 Å². The molecule has 2 aliphatic rings. The molecule has 3 atom stereocenters. The Hall–Kier alpha value is -3.96. The molecule has 39 heavy (non-hydrogen) atoms. The Morgan fingerprint density at radius 2 is 1.72 bits per heavy atom. The highest BCUT2D eigenvalue weighted by Crippen LogP contribution is 2.62. The zero-order valence-corrected chi connectivity index (χ0v) is 21.5. The predicted molar refractivity (Wildman–Crippen MR) is 138 cm³/mol. The third-order valence-corrected chi connectivity index (χ3v) is 6.87. The number of ether oxygens (including phenoxy) is 5. The summed E-state index contributed by atoms with van der Waals surface area (Å²) in [6.45, 7) is 3.94. The summed E-state index contributed by atoms with van der Waals surface area (Å²) in [6, 6.07) is 12.0. The van der Waals surface area contributed by atoms with Gasteiger partial charge in [-0.05, 0) is 55.5 Å². The fourth-order valence-corrected chi connectivity index (χ4v) is 4.81. The van der Waals surface area contributed by atoms with E-state index in [2.05, 4.69) is 15.6 Å². The molecule has 2 amide bonds. The number of hydrogen-bond donors (Lipinski definition) is 2. The number of anilines is 1. The molecule has 2 N–H and O–H groups in total. The summed E-state index contributed by atoms with van der Waals surface area (Å²) in [6.07, 6.45) is 1.48. The summed E-state index contributed by atoms with van der Waals surface area (Å²) in [5.41, 5.74) is -0.611. The van der Waals surface area contributed by atoms with E-state index in [1.165, 1.54) is 6.20 Å². The molecular formula is C28H29F2N3O6. The second-order valence-corrected chi connectivity index (χ2v) is 9.44. The molecule has 3 aromatic rings. The lowest BCUT2D eigenvalue weighted by Crippen LogP contribution is -2.40. The SMILES string of the molecule is COCCOCCOc1ccc(Oc2ccc(NC(=O)N[C@]3(C)C4COc5c(F)ccc(F)c5C43)nc2)cc1. The molecule has 2 heterocycles. The Morgan fingerprint density at radius 3 is 2.46 bits per heavy atom. The maximum absolute atomic E-state index is 14.5. The van der Waals surface area contributed by atoms with Gasteiger partial charge >= 0.3 is 6.03 Å². The molecule has 1 aliphatic heterocycles. The largest absolute Gasteiger partial charge is 0.491 e. The molecule has 1 fully saturated rings. The zero-order valence-electron chi connectivity index (χ0n) is 21.5. The van der Waals surface area contributed by atoms with Crippen molar-refractivity contribution in [2.45, 2.75) is 18.4 Å². The highest BCUT2D eigenvalue weighted by atomic mass is 19.1. The Morgan fingerprint density at radius 1 is 1.00 bits per heavy atom. The van der Waals surface area contributed by atoms with Gasteiger partial charge in [0.05, 0.1) is 38.2 Å². The van der Waals surface area contributed by atoms with E-state index in [1.54, 1.807) is 50.4 Å². The van der Waals surface area contributed by atoms with Crippen LogP contribution in [0.25, 0.3) is 0 Å². The molecule has 0 spiro atoms. The number of amides is 2. The average Bonchev–Trinajstić information content (AvgIpc) is 3.53. The van der Waals surface area contributed by atoms with Gasteiger partial charge in [-0.2, -0.15) is 0 Å². The lowest BCUT2D eigenvalue weighted by atomic mass is 10.0. The van der Waals surface area contributed by atoms with Crippen molar-refractivity contribution in [1.29, 1.82) is 0 Å². The van der Waals surface area contributed by atoms with Crippen LogP contribution in [0.1, 0.15) is 18.4 Å². The fraction of sp³-hybridized carbons (Fsp3) is 0.357. The second-order valence-electron chi connectivity index (χ2n) is 9.44. The van der Waals surface area contributed by atoms with Crippen molar-refractivity contribution in [2.24, 2.45) is 5.92 Å². The van der Waals surface area contributed by atoms with E-state index in [1.807, 2.05) is 0 Å². The number of pyridine rings is 1. The summed E-state index contributed by atoms with van der Waals surface area (Å²) in [7, 11) is 1.62. The van der Waals surface area contributed by atoms with E-state index in [-0.39, 0.29) is 29.8 Å². The number of aromatic nitrogens is 1. The first-order chi connectivity index (χ1) is 18.9. The fourth-order valence-electron chi connectivity index (χ4n) is 4.81. The number of nitrogens with zero attached hydrogens (tertiary/aromatic N) is 1. The maximum atomic E-state index is 14.5. The van der Waals surface area contributed by atoms with Crippen LogP contribution in [-0.2, 0) is 9.47 Å². The van der Waals surface area contributed by atoms with Crippen molar-refractivity contribution >= 4 is 11.8 Å². The zero-order chi connectivity index (χ0) is 27.4. The summed E-state index contributed by atoms with van der Waals surface area (Å²) < 4.78 is 55.7. The molecule has 0 radical (unpaired) electrons. The first-order valence-electron chi connectivity index (χ1n) is 12.5. The van der Waals surface area contributed by atoms with Crippen molar-refractivity contribution < 1.29 is 37.3 Å². The minimum atomic E-state index is -0.778. The van der Waals surface area contributed by atoms with Crippen LogP contribution in [0, 0.1) is 17.6 Å². The number of carbonyl (C=O) groups is 1. The Bertz CT molecular complexity index is 1310. The molecule has 0 saturated heterocycles. The molecule has 1 aliphatic carbocycles. The van der Waals surface area contributed by atoms with Crippen LogP contribution in [0.5, 0.6) is 23.0 Å². The standard InChI is InChI=1S/C28H29F2N3O6/c1-28(20-16-38-26-22(30)9-8-21(29)24(26)25(20)28)33-27(34)32-23-10-7-19(15-31-23)39-18-5-3-17(4-6-18)37-14-13-36-12-11-35-2/h3-10,15,20,25H,11-14,16H2,1-2H3,(H2,31,32,33,34)/t20?,25?,28-/m1/s1. The van der Waals surface area contributed by atoms with E-state index >= 15 is 0 Å². The Balaban J connectivity index is 1.10. The van der Waals surface area contributed by atoms with Crippen LogP contribution in [0.3, 0.4) is 0 Å². The number of rotatable bonds is 11. The van der Waals surface area contributed by atoms with Crippen LogP contribution in [0.2, 0.25) is 0 Å². The van der Waals surface area contributed by atoms with E-state index in [9.17, 15) is 13.6 Å². The Kier molecular flexibility index (Phi) is 7.80. The highest BCUT2D eigenvalue weighted by Gasteiger charge is 2.66. The minimum absolute atomic E-state index is 0.0788. The topological polar surface area (TPSA) is 100 Å². The van der Waals surface area contributed by atoms with Crippen LogP contribution in [0.4, 0.5) is 19.4 Å². The molecule has 11 heteroatoms. The number of nitrogens with one attached hydrogen (secondary N) is 2. The quantitative estimate of drug-likeness (QED) is 0.334. The van der Waals surface area contributed by atoms with Gasteiger partial charge in [-0.3, -0.25) is 5.32 Å². The van der Waals surface area contributed by atoms with Gasteiger partial charge < -0.3 is 29.0 Å². The molecule has 1 aromatic heterocycles. The van der Waals surface area contributed by atoms with Crippen LogP contribution < -0.4 is 24.8 Å². The molecule has 2 aromatic carbocycles. The average molecular weight is 542 g/mol. The van der Waals surface area contributed by atoms with Gasteiger partial charge in [0.15, 0.2) is 11.6 Å². The number of carbonyl (C=O) groups excluding carboxylic acids is 1. The predicted octanol–water partition coefficient (Wildman–Crippen LogP) is 4.88. The number of halogens is 2. The molecule has 206 valence electrons. The van der Waals surface area contributed by atoms with Crippen LogP contribution >= 0.6 is 0 Å². The highest BCUT2D eigenvalue weighted by molar-refractivity contribution is 5.89. The number of urea groups is 1. The lowest BCUT2D eigenvalue weighted by Gasteiger charge is -2.17. The van der Waals surface area contributed by atoms with Crippen molar-refractivity contribution in [3.63, 3.8) is 0 Å². The first kappa shape index (κ1) is 26.6. The van der Waals surface area contributed by atoms with Gasteiger partial charge in [-0.1, -0.05) is 0 Å². The number of hydrogen-bond acceptors (Lipinski definition) is 7. The van der Waals surface area contributed by atoms with E-state index in [0.717, 1.165) is 12.1 Å². The van der Waals surface area contributed by atoms with E-state index in [0.29, 0.717) is 49.5 Å². The maximum Gasteiger partial charge on any atom is 0.320 e. The monoisotopic (exact) mass is 541 g/mol. The molecule has 0 bridgehead atoms. The van der Waals surface area contributed by atoms with Gasteiger partial charge in [-0.25, -0.2) is 18.6 Å². The van der Waals surface area contributed by atoms with Crippen molar-refractivity contribution in [1.82, 2.24) is 10.3 Å². The molecule has 1 saturated carbocycles. The smallest absolute Gasteiger partial charge is 0.320 e. The van der Waals surface area contributed by atoms with E-state index in [4.69, 9.17) is 23.7 Å². The first-order valence-corrected chi connectivity index (χ1v) is 12.5. The van der Waals surface area contributed by atoms with Crippen LogP contribution in [0.15, 0.2) is 54.7 Å². The molecule has 5 rings (SSSR count). The summed E-state index contributed by atoms with van der Waals surface area (Å²) >= 11 is 0. The van der Waals surface area contributed by atoms with E-state index < -0.39 is 23.2 Å². The normalized spacial score (nSPS) is 20.7. The lowest BCUT2D eigenvalue weighted by molar-refractivity contribution is 0.0544. The third kappa shape index (κ3) is 5.89. The van der Waals surface area contributed by atoms with Gasteiger partial charge in [0.2, 0.25) is 0 Å². The molecule has 2 unspecified atom stereocenters. The minimum Gasteiger partial charge on any atom is -0.491 e. The summed E-state index contributed by atoms with van der Waals surface area (Å²) in [4.78, 5) is 16.9.